The van der Waals surface area contributed by atoms with Gasteiger partial charge in [-0.25, -0.2) is 8.42 Å². The summed E-state index contributed by atoms with van der Waals surface area (Å²) in [5.41, 5.74) is 6.36. The minimum atomic E-state index is -3.55. The number of hydrogen-bond acceptors (Lipinski definition) is 4. The van der Waals surface area contributed by atoms with Gasteiger partial charge in [-0.15, -0.1) is 0 Å². The fourth-order valence-corrected chi connectivity index (χ4v) is 5.43. The van der Waals surface area contributed by atoms with E-state index >= 15 is 0 Å². The molecule has 3 rings (SSSR count). The maximum Gasteiger partial charge on any atom is 0.270 e. The summed E-state index contributed by atoms with van der Waals surface area (Å²) < 4.78 is 29.0. The summed E-state index contributed by atoms with van der Waals surface area (Å²) in [7, 11) is -1.84. The molecule has 25 heavy (non-hydrogen) atoms. The second kappa shape index (κ2) is 7.09. The number of hydrogen-bond donors (Lipinski definition) is 1. The zero-order valence-corrected chi connectivity index (χ0v) is 15.8. The van der Waals surface area contributed by atoms with E-state index in [1.54, 1.807) is 27.0 Å². The lowest BCUT2D eigenvalue weighted by atomic mass is 10.0. The number of aromatic nitrogens is 1. The van der Waals surface area contributed by atoms with Gasteiger partial charge in [-0.2, -0.15) is 4.31 Å². The van der Waals surface area contributed by atoms with E-state index < -0.39 is 10.0 Å². The van der Waals surface area contributed by atoms with Crippen LogP contribution in [0.3, 0.4) is 0 Å². The van der Waals surface area contributed by atoms with Crippen molar-refractivity contribution in [3.63, 3.8) is 0 Å². The van der Waals surface area contributed by atoms with Crippen molar-refractivity contribution in [2.75, 3.05) is 26.2 Å². The zero-order valence-electron chi connectivity index (χ0n) is 15.0. The number of nitrogens with two attached hydrogens (primary N) is 1. The van der Waals surface area contributed by atoms with Gasteiger partial charge in [0.25, 0.3) is 5.91 Å². The van der Waals surface area contributed by atoms with Crippen molar-refractivity contribution in [2.24, 2.45) is 18.7 Å². The Morgan fingerprint density at radius 2 is 1.92 bits per heavy atom. The molecule has 2 unspecified atom stereocenters. The Morgan fingerprint density at radius 3 is 2.60 bits per heavy atom. The van der Waals surface area contributed by atoms with Crippen molar-refractivity contribution in [1.29, 1.82) is 0 Å². The van der Waals surface area contributed by atoms with Crippen molar-refractivity contribution in [3.8, 4) is 0 Å². The van der Waals surface area contributed by atoms with Crippen LogP contribution in [-0.2, 0) is 17.1 Å². The first kappa shape index (κ1) is 18.4. The minimum Gasteiger partial charge on any atom is -0.345 e. The predicted molar refractivity (Wildman–Crippen MR) is 95.7 cm³/mol. The first-order valence-electron chi connectivity index (χ1n) is 9.00. The summed E-state index contributed by atoms with van der Waals surface area (Å²) in [4.78, 5) is 14.7. The van der Waals surface area contributed by atoms with Crippen LogP contribution in [0.15, 0.2) is 17.2 Å². The molecule has 0 spiro atoms. The largest absolute Gasteiger partial charge is 0.345 e. The molecule has 7 nitrogen and oxygen atoms in total. The SMILES string of the molecule is CC1CCCN(S(=O)(=O)c2cc(C(=O)N3CCCC(N)C3)n(C)c2)C1. The summed E-state index contributed by atoms with van der Waals surface area (Å²) in [6.45, 7) is 4.35. The summed E-state index contributed by atoms with van der Waals surface area (Å²) in [5.74, 6) is 0.217. The van der Waals surface area contributed by atoms with Gasteiger partial charge in [0, 0.05) is 45.5 Å². The average molecular weight is 369 g/mol. The first-order chi connectivity index (χ1) is 11.8. The number of likely N-dealkylation sites (tertiary alicyclic amines) is 1. The van der Waals surface area contributed by atoms with E-state index in [9.17, 15) is 13.2 Å². The number of amides is 1. The highest BCUT2D eigenvalue weighted by atomic mass is 32.2. The van der Waals surface area contributed by atoms with Gasteiger partial charge < -0.3 is 15.2 Å². The first-order valence-corrected chi connectivity index (χ1v) is 10.4. The molecule has 0 radical (unpaired) electrons. The van der Waals surface area contributed by atoms with Crippen LogP contribution in [0.4, 0.5) is 0 Å². The Kier molecular flexibility index (Phi) is 5.22. The molecule has 0 bridgehead atoms. The molecule has 8 heteroatoms. The van der Waals surface area contributed by atoms with E-state index in [-0.39, 0.29) is 16.8 Å². The molecule has 2 aliphatic heterocycles. The Morgan fingerprint density at radius 1 is 1.20 bits per heavy atom. The predicted octanol–water partition coefficient (Wildman–Crippen LogP) is 1.01. The van der Waals surface area contributed by atoms with Crippen LogP contribution in [0.25, 0.3) is 0 Å². The van der Waals surface area contributed by atoms with Gasteiger partial charge in [0.05, 0.1) is 0 Å². The van der Waals surface area contributed by atoms with Gasteiger partial charge in [0.1, 0.15) is 10.6 Å². The molecule has 2 aliphatic rings. The van der Waals surface area contributed by atoms with E-state index in [0.29, 0.717) is 37.8 Å². The summed E-state index contributed by atoms with van der Waals surface area (Å²) in [6.07, 6.45) is 5.29. The third kappa shape index (κ3) is 3.75. The van der Waals surface area contributed by atoms with Crippen molar-refractivity contribution in [1.82, 2.24) is 13.8 Å². The molecular weight excluding hydrogens is 340 g/mol. The molecule has 1 aromatic heterocycles. The third-order valence-electron chi connectivity index (χ3n) is 5.20. The van der Waals surface area contributed by atoms with Crippen LogP contribution in [-0.4, -0.2) is 60.3 Å². The molecule has 2 N–H and O–H groups in total. The van der Waals surface area contributed by atoms with Crippen molar-refractivity contribution in [3.05, 3.63) is 18.0 Å². The lowest BCUT2D eigenvalue weighted by Gasteiger charge is -2.30. The number of rotatable bonds is 3. The molecular formula is C17H28N4O3S. The average Bonchev–Trinajstić information content (AvgIpc) is 2.97. The second-order valence-corrected chi connectivity index (χ2v) is 9.37. The van der Waals surface area contributed by atoms with Crippen LogP contribution in [0.2, 0.25) is 0 Å². The number of sulfonamides is 1. The van der Waals surface area contributed by atoms with Crippen LogP contribution in [0, 0.1) is 5.92 Å². The van der Waals surface area contributed by atoms with E-state index in [1.807, 2.05) is 0 Å². The molecule has 0 aliphatic carbocycles. The van der Waals surface area contributed by atoms with Gasteiger partial charge in [0.2, 0.25) is 10.0 Å². The van der Waals surface area contributed by atoms with Crippen LogP contribution < -0.4 is 5.73 Å². The Bertz CT molecular complexity index is 743. The number of carbonyl (C=O) groups excluding carboxylic acids is 1. The summed E-state index contributed by atoms with van der Waals surface area (Å²) in [6, 6.07) is 1.51. The molecule has 140 valence electrons. The van der Waals surface area contributed by atoms with Gasteiger partial charge in [-0.05, 0) is 37.7 Å². The van der Waals surface area contributed by atoms with E-state index in [0.717, 1.165) is 25.7 Å². The van der Waals surface area contributed by atoms with E-state index in [4.69, 9.17) is 5.73 Å². The highest BCUT2D eigenvalue weighted by molar-refractivity contribution is 7.89. The zero-order chi connectivity index (χ0) is 18.2. The Hall–Kier alpha value is -1.38. The molecule has 0 aromatic carbocycles. The fraction of sp³-hybridized carbons (Fsp3) is 0.706. The maximum absolute atomic E-state index is 12.9. The third-order valence-corrected chi connectivity index (χ3v) is 7.03. The van der Waals surface area contributed by atoms with Crippen LogP contribution in [0.5, 0.6) is 0 Å². The minimum absolute atomic E-state index is 0.00370. The number of nitrogens with zero attached hydrogens (tertiary/aromatic N) is 3. The van der Waals surface area contributed by atoms with E-state index in [2.05, 4.69) is 6.92 Å². The quantitative estimate of drug-likeness (QED) is 0.862. The van der Waals surface area contributed by atoms with Crippen LogP contribution >= 0.6 is 0 Å². The highest BCUT2D eigenvalue weighted by Crippen LogP contribution is 2.25. The maximum atomic E-state index is 12.9. The molecule has 2 saturated heterocycles. The van der Waals surface area contributed by atoms with Crippen molar-refractivity contribution in [2.45, 2.75) is 43.5 Å². The fourth-order valence-electron chi connectivity index (χ4n) is 3.76. The van der Waals surface area contributed by atoms with Gasteiger partial charge >= 0.3 is 0 Å². The monoisotopic (exact) mass is 368 g/mol. The van der Waals surface area contributed by atoms with Crippen molar-refractivity contribution >= 4 is 15.9 Å². The highest BCUT2D eigenvalue weighted by Gasteiger charge is 2.31. The molecule has 2 atom stereocenters. The Labute approximate surface area is 149 Å². The smallest absolute Gasteiger partial charge is 0.270 e. The van der Waals surface area contributed by atoms with Gasteiger partial charge in [-0.3, -0.25) is 4.79 Å². The number of piperidine rings is 2. The molecule has 1 amide bonds. The lowest BCUT2D eigenvalue weighted by molar-refractivity contribution is 0.0699. The second-order valence-electron chi connectivity index (χ2n) is 7.44. The number of aryl methyl sites for hydroxylation is 1. The van der Waals surface area contributed by atoms with E-state index in [1.165, 1.54) is 6.07 Å². The Balaban J connectivity index is 1.83. The molecule has 1 aromatic rings. The summed E-state index contributed by atoms with van der Waals surface area (Å²) in [5, 5.41) is 0. The lowest BCUT2D eigenvalue weighted by Crippen LogP contribution is -2.46. The normalized spacial score (nSPS) is 26.0. The van der Waals surface area contributed by atoms with Gasteiger partial charge in [-0.1, -0.05) is 6.92 Å². The molecule has 0 saturated carbocycles. The summed E-state index contributed by atoms with van der Waals surface area (Å²) >= 11 is 0. The van der Waals surface area contributed by atoms with Crippen LogP contribution in [0.1, 0.15) is 43.1 Å². The topological polar surface area (TPSA) is 88.6 Å². The standard InChI is InChI=1S/C17H28N4O3S/c1-13-5-3-8-21(10-13)25(23,24)15-9-16(19(2)12-15)17(22)20-7-4-6-14(18)11-20/h9,12-14H,3-8,10-11,18H2,1-2H3. The molecule has 3 heterocycles. The number of carbonyl (C=O) groups is 1. The van der Waals surface area contributed by atoms with Crippen molar-refractivity contribution < 1.29 is 13.2 Å². The van der Waals surface area contributed by atoms with Gasteiger partial charge in [0.15, 0.2) is 0 Å². The molecule has 2 fully saturated rings.